The average Bonchev–Trinajstić information content (AvgIpc) is 2.74. The number of carbonyl (C=O) groups is 2. The summed E-state index contributed by atoms with van der Waals surface area (Å²) >= 11 is 6.82. The van der Waals surface area contributed by atoms with Crippen LogP contribution in [0, 0.1) is 5.82 Å². The summed E-state index contributed by atoms with van der Waals surface area (Å²) in [4.78, 5) is 25.2. The highest BCUT2D eigenvalue weighted by atomic mass is 35.5. The van der Waals surface area contributed by atoms with Crippen LogP contribution < -0.4 is 15.4 Å². The summed E-state index contributed by atoms with van der Waals surface area (Å²) in [5, 5.41) is 5.18. The summed E-state index contributed by atoms with van der Waals surface area (Å²) in [7, 11) is 1.68. The molecule has 1 fully saturated rings. The lowest BCUT2D eigenvalue weighted by Crippen LogP contribution is -2.53. The molecule has 32 heavy (non-hydrogen) atoms. The van der Waals surface area contributed by atoms with E-state index in [1.54, 1.807) is 11.4 Å². The zero-order chi connectivity index (χ0) is 23.5. The molecule has 2 amide bonds. The highest BCUT2D eigenvalue weighted by Crippen LogP contribution is 2.29. The van der Waals surface area contributed by atoms with Crippen LogP contribution in [0.1, 0.15) is 17.5 Å². The number of hydrogen-bond acceptors (Lipinski definition) is 5. The van der Waals surface area contributed by atoms with E-state index in [0.717, 1.165) is 30.3 Å². The van der Waals surface area contributed by atoms with Crippen molar-refractivity contribution in [3.05, 3.63) is 64.4 Å². The molecule has 2 aromatic rings. The van der Waals surface area contributed by atoms with Gasteiger partial charge in [-0.05, 0) is 49.4 Å². The number of rotatable bonds is 5. The Labute approximate surface area is 190 Å². The van der Waals surface area contributed by atoms with Gasteiger partial charge in [0.15, 0.2) is 0 Å². The second-order valence-corrected chi connectivity index (χ2v) is 8.49. The summed E-state index contributed by atoms with van der Waals surface area (Å²) in [5.41, 5.74) is 0.0632. The van der Waals surface area contributed by atoms with Crippen LogP contribution in [0.3, 0.4) is 0 Å². The molecule has 2 aromatic carbocycles. The summed E-state index contributed by atoms with van der Waals surface area (Å²) in [6, 6.07) is 6.91. The maximum atomic E-state index is 13.3. The minimum atomic E-state index is -4.42. The molecule has 12 heteroatoms. The van der Waals surface area contributed by atoms with E-state index >= 15 is 0 Å². The van der Waals surface area contributed by atoms with Gasteiger partial charge in [0.1, 0.15) is 11.9 Å². The number of likely N-dealkylation sites (N-methyl/N-ethyl adjacent to an activating group) is 1. The summed E-state index contributed by atoms with van der Waals surface area (Å²) in [5.74, 6) is -1.40. The molecular weight excluding hydrogens is 472 g/mol. The molecule has 172 valence electrons. The second-order valence-electron chi connectivity index (χ2n) is 7.09. The average molecular weight is 491 g/mol. The number of halogens is 5. The van der Waals surface area contributed by atoms with Gasteiger partial charge >= 0.3 is 6.18 Å². The van der Waals surface area contributed by atoms with E-state index in [-0.39, 0.29) is 18.0 Å². The Balaban J connectivity index is 1.57. The van der Waals surface area contributed by atoms with E-state index < -0.39 is 41.5 Å². The van der Waals surface area contributed by atoms with Crippen molar-refractivity contribution in [2.24, 2.45) is 0 Å². The first-order chi connectivity index (χ1) is 15.0. The number of amides is 2. The van der Waals surface area contributed by atoms with Crippen molar-refractivity contribution in [1.82, 2.24) is 14.3 Å². The van der Waals surface area contributed by atoms with Crippen molar-refractivity contribution in [1.29, 1.82) is 0 Å². The molecule has 3 rings (SSSR count). The number of anilines is 1. The molecule has 1 saturated heterocycles. The lowest BCUT2D eigenvalue weighted by molar-refractivity contribution is -0.137. The van der Waals surface area contributed by atoms with E-state index in [9.17, 15) is 27.2 Å². The molecule has 2 unspecified atom stereocenters. The van der Waals surface area contributed by atoms with Crippen LogP contribution in [-0.4, -0.2) is 35.3 Å². The van der Waals surface area contributed by atoms with Gasteiger partial charge in [0, 0.05) is 24.4 Å². The molecule has 1 heterocycles. The Hall–Kier alpha value is -2.34. The van der Waals surface area contributed by atoms with Crippen LogP contribution in [0.15, 0.2) is 42.5 Å². The highest BCUT2D eigenvalue weighted by molar-refractivity contribution is 7.95. The van der Waals surface area contributed by atoms with Crippen LogP contribution in [0.2, 0.25) is 5.02 Å². The fourth-order valence-corrected chi connectivity index (χ4v) is 3.97. The van der Waals surface area contributed by atoms with Crippen molar-refractivity contribution in [2.75, 3.05) is 12.4 Å². The second kappa shape index (κ2) is 10.1. The molecule has 0 aromatic heterocycles. The zero-order valence-electron chi connectivity index (χ0n) is 16.7. The fourth-order valence-electron chi connectivity index (χ4n) is 2.99. The number of alkyl halides is 3. The number of carbonyl (C=O) groups excluding carboxylic acids is 2. The number of nitrogens with one attached hydrogen (secondary N) is 3. The standard InChI is InChI=1S/C20H19ClF4N4O2S/c1-29-17(19(31)27-13-6-7-15(22)14(21)8-13)9-16(28-32-29)18(30)26-10-11-2-4-12(5-3-11)20(23,24)25/h2-8,16-17,28H,9-10H2,1H3,(H,26,30)(H,27,31). The predicted molar refractivity (Wildman–Crippen MR) is 114 cm³/mol. The van der Waals surface area contributed by atoms with Gasteiger partial charge in [-0.1, -0.05) is 23.7 Å². The third-order valence-corrected chi connectivity index (χ3v) is 6.01. The first-order valence-corrected chi connectivity index (χ1v) is 10.5. The first-order valence-electron chi connectivity index (χ1n) is 9.39. The number of hydrogen-bond donors (Lipinski definition) is 3. The molecule has 0 bridgehead atoms. The van der Waals surface area contributed by atoms with Crippen molar-refractivity contribution in [3.8, 4) is 0 Å². The zero-order valence-corrected chi connectivity index (χ0v) is 18.2. The van der Waals surface area contributed by atoms with E-state index in [1.807, 2.05) is 0 Å². The molecule has 2 atom stereocenters. The van der Waals surface area contributed by atoms with Gasteiger partial charge in [-0.15, -0.1) is 0 Å². The Bertz CT molecular complexity index is 991. The topological polar surface area (TPSA) is 73.5 Å². The molecule has 6 nitrogen and oxygen atoms in total. The Morgan fingerprint density at radius 2 is 1.88 bits per heavy atom. The maximum absolute atomic E-state index is 13.3. The first kappa shape index (κ1) is 24.3. The quantitative estimate of drug-likeness (QED) is 0.437. The van der Waals surface area contributed by atoms with E-state index in [0.29, 0.717) is 11.3 Å². The molecule has 0 saturated carbocycles. The molecule has 0 spiro atoms. The Morgan fingerprint density at radius 1 is 1.19 bits per heavy atom. The molecule has 0 radical (unpaired) electrons. The summed E-state index contributed by atoms with van der Waals surface area (Å²) in [6.07, 6.45) is -4.28. The summed E-state index contributed by atoms with van der Waals surface area (Å²) < 4.78 is 55.8. The third-order valence-electron chi connectivity index (χ3n) is 4.79. The van der Waals surface area contributed by atoms with E-state index in [1.165, 1.54) is 24.3 Å². The van der Waals surface area contributed by atoms with Crippen LogP contribution in [0.5, 0.6) is 0 Å². The fraction of sp³-hybridized carbons (Fsp3) is 0.300. The molecule has 0 aliphatic carbocycles. The minimum Gasteiger partial charge on any atom is -0.351 e. The monoisotopic (exact) mass is 490 g/mol. The normalized spacial score (nSPS) is 19.4. The lowest BCUT2D eigenvalue weighted by atomic mass is 10.1. The largest absolute Gasteiger partial charge is 0.416 e. The molecule has 1 aliphatic heterocycles. The summed E-state index contributed by atoms with van der Waals surface area (Å²) in [6.45, 7) is 0.0423. The van der Waals surface area contributed by atoms with E-state index in [2.05, 4.69) is 15.4 Å². The van der Waals surface area contributed by atoms with Crippen LogP contribution in [0.4, 0.5) is 23.2 Å². The molecule has 3 N–H and O–H groups in total. The van der Waals surface area contributed by atoms with Crippen LogP contribution in [-0.2, 0) is 22.3 Å². The van der Waals surface area contributed by atoms with Gasteiger partial charge in [0.25, 0.3) is 0 Å². The van der Waals surface area contributed by atoms with Gasteiger partial charge < -0.3 is 10.6 Å². The third kappa shape index (κ3) is 6.12. The predicted octanol–water partition coefficient (Wildman–Crippen LogP) is 3.98. The van der Waals surface area contributed by atoms with Gasteiger partial charge in [0.05, 0.1) is 16.6 Å². The Morgan fingerprint density at radius 3 is 2.50 bits per heavy atom. The lowest BCUT2D eigenvalue weighted by Gasteiger charge is -2.34. The minimum absolute atomic E-state index is 0.0423. The van der Waals surface area contributed by atoms with Crippen LogP contribution >= 0.6 is 23.7 Å². The molecule has 1 aliphatic rings. The van der Waals surface area contributed by atoms with Crippen molar-refractivity contribution >= 4 is 41.2 Å². The van der Waals surface area contributed by atoms with Gasteiger partial charge in [-0.2, -0.15) is 13.2 Å². The Kier molecular flexibility index (Phi) is 7.65. The van der Waals surface area contributed by atoms with Crippen LogP contribution in [0.25, 0.3) is 0 Å². The van der Waals surface area contributed by atoms with Gasteiger partial charge in [-0.3, -0.25) is 9.59 Å². The smallest absolute Gasteiger partial charge is 0.351 e. The number of benzene rings is 2. The van der Waals surface area contributed by atoms with Gasteiger partial charge in [0.2, 0.25) is 11.8 Å². The molecular formula is C20H19ClF4N4O2S. The van der Waals surface area contributed by atoms with Gasteiger partial charge in [-0.25, -0.2) is 13.4 Å². The van der Waals surface area contributed by atoms with E-state index in [4.69, 9.17) is 11.6 Å². The van der Waals surface area contributed by atoms with Crippen molar-refractivity contribution in [2.45, 2.75) is 31.2 Å². The maximum Gasteiger partial charge on any atom is 0.416 e. The number of nitrogens with zero attached hydrogens (tertiary/aromatic N) is 1. The highest BCUT2D eigenvalue weighted by Gasteiger charge is 2.35. The van der Waals surface area contributed by atoms with Crippen molar-refractivity contribution < 1.29 is 27.2 Å². The van der Waals surface area contributed by atoms with Crippen molar-refractivity contribution in [3.63, 3.8) is 0 Å². The SMILES string of the molecule is CN1SNC(C(=O)NCc2ccc(C(F)(F)F)cc2)CC1C(=O)Nc1ccc(F)c(Cl)c1.